The molecule has 0 saturated carbocycles. The first kappa shape index (κ1) is 12.2. The quantitative estimate of drug-likeness (QED) is 0.694. The predicted octanol–water partition coefficient (Wildman–Crippen LogP) is 4.30. The molecule has 0 aliphatic rings. The summed E-state index contributed by atoms with van der Waals surface area (Å²) in [5, 5.41) is 0.771. The smallest absolute Gasteiger partial charge is 0.114 e. The van der Waals surface area contributed by atoms with Crippen LogP contribution in [-0.2, 0) is 13.0 Å². The zero-order valence-electron chi connectivity index (χ0n) is 10.8. The summed E-state index contributed by atoms with van der Waals surface area (Å²) >= 11 is 5.92. The van der Waals surface area contributed by atoms with Crippen molar-refractivity contribution >= 4 is 22.6 Å². The van der Waals surface area contributed by atoms with Crippen molar-refractivity contribution in [1.29, 1.82) is 0 Å². The van der Waals surface area contributed by atoms with Crippen molar-refractivity contribution in [2.75, 3.05) is 0 Å². The molecule has 96 valence electrons. The third-order valence-corrected chi connectivity index (χ3v) is 3.58. The Morgan fingerprint density at radius 3 is 2.53 bits per heavy atom. The first-order valence-corrected chi connectivity index (χ1v) is 6.84. The van der Waals surface area contributed by atoms with Crippen LogP contribution in [0.15, 0.2) is 48.5 Å². The van der Waals surface area contributed by atoms with E-state index in [1.807, 2.05) is 18.2 Å². The van der Waals surface area contributed by atoms with E-state index in [2.05, 4.69) is 41.8 Å². The summed E-state index contributed by atoms with van der Waals surface area (Å²) in [6, 6.07) is 16.2. The monoisotopic (exact) mass is 270 g/mol. The number of benzene rings is 2. The fourth-order valence-corrected chi connectivity index (χ4v) is 2.52. The van der Waals surface area contributed by atoms with Gasteiger partial charge in [-0.05, 0) is 36.8 Å². The van der Waals surface area contributed by atoms with E-state index >= 15 is 0 Å². The maximum atomic E-state index is 5.92. The fourth-order valence-electron chi connectivity index (χ4n) is 2.40. The molecule has 1 heterocycles. The number of hydrogen-bond acceptors (Lipinski definition) is 1. The van der Waals surface area contributed by atoms with Gasteiger partial charge in [-0.2, -0.15) is 0 Å². The molecule has 0 radical (unpaired) electrons. The van der Waals surface area contributed by atoms with Crippen LogP contribution in [0.1, 0.15) is 18.3 Å². The number of hydrogen-bond donors (Lipinski definition) is 0. The molecule has 0 unspecified atom stereocenters. The van der Waals surface area contributed by atoms with Gasteiger partial charge in [-0.25, -0.2) is 4.98 Å². The Bertz CT molecular complexity index is 698. The summed E-state index contributed by atoms with van der Waals surface area (Å²) in [7, 11) is 0. The molecule has 2 nitrogen and oxygen atoms in total. The Hall–Kier alpha value is -1.80. The first-order valence-electron chi connectivity index (χ1n) is 6.46. The van der Waals surface area contributed by atoms with Crippen molar-refractivity contribution in [2.45, 2.75) is 19.9 Å². The van der Waals surface area contributed by atoms with Crippen LogP contribution >= 0.6 is 11.6 Å². The first-order chi connectivity index (χ1) is 9.28. The molecular weight excluding hydrogens is 256 g/mol. The number of fused-ring (bicyclic) bond motifs is 1. The summed E-state index contributed by atoms with van der Waals surface area (Å²) in [6.45, 7) is 3.09. The molecule has 0 aliphatic carbocycles. The minimum Gasteiger partial charge on any atom is -0.328 e. The highest BCUT2D eigenvalue weighted by atomic mass is 35.5. The van der Waals surface area contributed by atoms with E-state index in [1.54, 1.807) is 0 Å². The van der Waals surface area contributed by atoms with Gasteiger partial charge in [-0.15, -0.1) is 0 Å². The van der Waals surface area contributed by atoms with Crippen LogP contribution in [-0.4, -0.2) is 9.55 Å². The lowest BCUT2D eigenvalue weighted by atomic mass is 10.1. The average molecular weight is 271 g/mol. The molecule has 0 saturated heterocycles. The second kappa shape index (κ2) is 5.06. The Kier molecular flexibility index (Phi) is 3.26. The van der Waals surface area contributed by atoms with Gasteiger partial charge in [0, 0.05) is 18.0 Å². The standard InChI is InChI=1S/C16H15ClN2/c1-2-19-15-6-4-3-5-14(15)18-16(19)11-12-7-9-13(17)10-8-12/h3-10H,2,11H2,1H3. The lowest BCUT2D eigenvalue weighted by Crippen LogP contribution is -2.02. The minimum atomic E-state index is 0.771. The Balaban J connectivity index is 2.02. The van der Waals surface area contributed by atoms with E-state index in [0.717, 1.165) is 29.3 Å². The van der Waals surface area contributed by atoms with Crippen molar-refractivity contribution < 1.29 is 0 Å². The van der Waals surface area contributed by atoms with Crippen LogP contribution in [0.25, 0.3) is 11.0 Å². The Labute approximate surface area is 117 Å². The molecule has 3 heteroatoms. The molecule has 0 spiro atoms. The largest absolute Gasteiger partial charge is 0.328 e. The van der Waals surface area contributed by atoms with Crippen molar-refractivity contribution in [1.82, 2.24) is 9.55 Å². The summed E-state index contributed by atoms with van der Waals surface area (Å²) in [6.07, 6.45) is 0.833. The average Bonchev–Trinajstić information content (AvgIpc) is 2.78. The van der Waals surface area contributed by atoms with Gasteiger partial charge in [-0.3, -0.25) is 0 Å². The van der Waals surface area contributed by atoms with Gasteiger partial charge in [0.15, 0.2) is 0 Å². The minimum absolute atomic E-state index is 0.771. The lowest BCUT2D eigenvalue weighted by molar-refractivity contribution is 0.733. The molecule has 0 amide bonds. The van der Waals surface area contributed by atoms with E-state index in [-0.39, 0.29) is 0 Å². The maximum Gasteiger partial charge on any atom is 0.114 e. The van der Waals surface area contributed by atoms with Gasteiger partial charge in [0.2, 0.25) is 0 Å². The number of rotatable bonds is 3. The van der Waals surface area contributed by atoms with Gasteiger partial charge >= 0.3 is 0 Å². The second-order valence-electron chi connectivity index (χ2n) is 4.56. The molecule has 2 aromatic carbocycles. The summed E-state index contributed by atoms with van der Waals surface area (Å²) in [5.74, 6) is 1.10. The zero-order valence-corrected chi connectivity index (χ0v) is 11.6. The molecule has 3 aromatic rings. The highest BCUT2D eigenvalue weighted by Gasteiger charge is 2.09. The van der Waals surface area contributed by atoms with Gasteiger partial charge in [0.05, 0.1) is 11.0 Å². The highest BCUT2D eigenvalue weighted by Crippen LogP contribution is 2.19. The summed E-state index contributed by atoms with van der Waals surface area (Å²) in [4.78, 5) is 4.73. The van der Waals surface area contributed by atoms with E-state index in [1.165, 1.54) is 11.1 Å². The molecule has 0 atom stereocenters. The molecule has 0 aliphatic heterocycles. The van der Waals surface area contributed by atoms with E-state index in [9.17, 15) is 0 Å². The van der Waals surface area contributed by atoms with Crippen LogP contribution in [0.4, 0.5) is 0 Å². The molecule has 19 heavy (non-hydrogen) atoms. The molecule has 3 rings (SSSR count). The number of aromatic nitrogens is 2. The Morgan fingerprint density at radius 2 is 1.79 bits per heavy atom. The highest BCUT2D eigenvalue weighted by molar-refractivity contribution is 6.30. The molecular formula is C16H15ClN2. The van der Waals surface area contributed by atoms with Gasteiger partial charge in [-0.1, -0.05) is 35.9 Å². The third kappa shape index (κ3) is 2.36. The zero-order chi connectivity index (χ0) is 13.2. The van der Waals surface area contributed by atoms with Crippen LogP contribution in [0.2, 0.25) is 5.02 Å². The van der Waals surface area contributed by atoms with Crippen molar-refractivity contribution in [3.05, 3.63) is 64.9 Å². The SMILES string of the molecule is CCn1c(Cc2ccc(Cl)cc2)nc2ccccc21. The Morgan fingerprint density at radius 1 is 1.05 bits per heavy atom. The van der Waals surface area contributed by atoms with Crippen LogP contribution < -0.4 is 0 Å². The van der Waals surface area contributed by atoms with E-state index in [4.69, 9.17) is 16.6 Å². The number of para-hydroxylation sites is 2. The number of imidazole rings is 1. The van der Waals surface area contributed by atoms with Gasteiger partial charge < -0.3 is 4.57 Å². The number of nitrogens with zero attached hydrogens (tertiary/aromatic N) is 2. The van der Waals surface area contributed by atoms with Crippen LogP contribution in [0.5, 0.6) is 0 Å². The summed E-state index contributed by atoms with van der Waals surface area (Å²) < 4.78 is 2.27. The van der Waals surface area contributed by atoms with Crippen LogP contribution in [0, 0.1) is 0 Å². The van der Waals surface area contributed by atoms with Crippen molar-refractivity contribution in [2.24, 2.45) is 0 Å². The number of aryl methyl sites for hydroxylation is 1. The predicted molar refractivity (Wildman–Crippen MR) is 79.7 cm³/mol. The number of halogens is 1. The third-order valence-electron chi connectivity index (χ3n) is 3.33. The van der Waals surface area contributed by atoms with E-state index < -0.39 is 0 Å². The van der Waals surface area contributed by atoms with Crippen molar-refractivity contribution in [3.8, 4) is 0 Å². The van der Waals surface area contributed by atoms with Gasteiger partial charge in [0.25, 0.3) is 0 Å². The normalized spacial score (nSPS) is 11.1. The van der Waals surface area contributed by atoms with Crippen LogP contribution in [0.3, 0.4) is 0 Å². The van der Waals surface area contributed by atoms with Crippen molar-refractivity contribution in [3.63, 3.8) is 0 Å². The van der Waals surface area contributed by atoms with Gasteiger partial charge in [0.1, 0.15) is 5.82 Å². The maximum absolute atomic E-state index is 5.92. The fraction of sp³-hybridized carbons (Fsp3) is 0.188. The molecule has 1 aromatic heterocycles. The second-order valence-corrected chi connectivity index (χ2v) is 5.00. The topological polar surface area (TPSA) is 17.8 Å². The summed E-state index contributed by atoms with van der Waals surface area (Å²) in [5.41, 5.74) is 3.50. The molecule has 0 N–H and O–H groups in total. The van der Waals surface area contributed by atoms with E-state index in [0.29, 0.717) is 0 Å². The molecule has 0 fully saturated rings. The molecule has 0 bridgehead atoms. The lowest BCUT2D eigenvalue weighted by Gasteiger charge is -2.06.